The van der Waals surface area contributed by atoms with E-state index in [1.165, 1.54) is 12.1 Å². The summed E-state index contributed by atoms with van der Waals surface area (Å²) >= 11 is 0. The number of hydrogen-bond acceptors (Lipinski definition) is 6. The Morgan fingerprint density at radius 2 is 1.45 bits per heavy atom. The number of nitriles is 1. The first-order valence-electron chi connectivity index (χ1n) is 9.83. The Hall–Kier alpha value is -4.16. The number of benzene rings is 3. The minimum atomic E-state index is -3.16. The molecule has 3 rings (SSSR count). The minimum Gasteiger partial charge on any atom is -0.484 e. The van der Waals surface area contributed by atoms with Crippen LogP contribution >= 0.6 is 0 Å². The fourth-order valence-electron chi connectivity index (χ4n) is 2.92. The van der Waals surface area contributed by atoms with Crippen molar-refractivity contribution in [3.05, 3.63) is 89.5 Å². The van der Waals surface area contributed by atoms with Crippen LogP contribution in [-0.4, -0.2) is 33.1 Å². The molecule has 0 aromatic heterocycles. The number of hydrogen-bond donors (Lipinski definition) is 2. The van der Waals surface area contributed by atoms with Crippen LogP contribution in [0.1, 0.15) is 21.5 Å². The van der Waals surface area contributed by atoms with E-state index in [9.17, 15) is 18.0 Å². The summed E-state index contributed by atoms with van der Waals surface area (Å²) in [6.45, 7) is -0.302. The van der Waals surface area contributed by atoms with Crippen LogP contribution in [0.2, 0.25) is 0 Å². The molecule has 0 spiro atoms. The Morgan fingerprint density at radius 3 is 2.00 bits per heavy atom. The Labute approximate surface area is 191 Å². The Bertz CT molecular complexity index is 1280. The van der Waals surface area contributed by atoms with Crippen molar-refractivity contribution in [1.82, 2.24) is 10.9 Å². The molecule has 3 aromatic carbocycles. The van der Waals surface area contributed by atoms with Crippen LogP contribution in [0.4, 0.5) is 0 Å². The highest BCUT2D eigenvalue weighted by molar-refractivity contribution is 7.89. The van der Waals surface area contributed by atoms with Crippen LogP contribution in [-0.2, 0) is 20.4 Å². The first-order valence-corrected chi connectivity index (χ1v) is 11.9. The number of nitrogens with zero attached hydrogens (tertiary/aromatic N) is 1. The van der Waals surface area contributed by atoms with Crippen molar-refractivity contribution < 1.29 is 22.7 Å². The number of amides is 2. The number of sulfone groups is 1. The lowest BCUT2D eigenvalue weighted by atomic mass is 10.0. The van der Waals surface area contributed by atoms with Crippen LogP contribution < -0.4 is 15.6 Å². The monoisotopic (exact) mass is 463 g/mol. The van der Waals surface area contributed by atoms with Gasteiger partial charge < -0.3 is 4.74 Å². The molecule has 0 aliphatic rings. The average molecular weight is 464 g/mol. The SMILES string of the molecule is CS(=O)(=O)Cc1ccc(C(=O)NNC(=O)COc2ccc(-c3ccc(C#N)cc3)cc2)cc1. The summed E-state index contributed by atoms with van der Waals surface area (Å²) in [5, 5.41) is 8.87. The van der Waals surface area contributed by atoms with Gasteiger partial charge in [0.05, 0.1) is 17.4 Å². The molecule has 0 radical (unpaired) electrons. The standard InChI is InChI=1S/C24H21N3O5S/c1-33(30,31)16-18-4-8-21(9-5-18)24(29)27-26-23(28)15-32-22-12-10-20(11-13-22)19-6-2-17(14-25)3-7-19/h2-13H,15-16H2,1H3,(H,26,28)(H,27,29). The van der Waals surface area contributed by atoms with Crippen molar-refractivity contribution in [2.24, 2.45) is 0 Å². The molecule has 0 atom stereocenters. The molecule has 0 saturated heterocycles. The normalized spacial score (nSPS) is 10.7. The highest BCUT2D eigenvalue weighted by Crippen LogP contribution is 2.22. The van der Waals surface area contributed by atoms with Gasteiger partial charge in [-0.2, -0.15) is 5.26 Å². The van der Waals surface area contributed by atoms with Crippen LogP contribution in [0, 0.1) is 11.3 Å². The van der Waals surface area contributed by atoms with E-state index in [1.54, 1.807) is 36.4 Å². The molecule has 2 amide bonds. The summed E-state index contributed by atoms with van der Waals surface area (Å²) in [5.41, 5.74) is 7.86. The van der Waals surface area contributed by atoms with Gasteiger partial charge in [0, 0.05) is 11.8 Å². The molecule has 0 aliphatic heterocycles. The van der Waals surface area contributed by atoms with Gasteiger partial charge in [0.1, 0.15) is 5.75 Å². The number of nitrogens with one attached hydrogen (secondary N) is 2. The lowest BCUT2D eigenvalue weighted by Gasteiger charge is -2.10. The zero-order valence-corrected chi connectivity index (χ0v) is 18.6. The van der Waals surface area contributed by atoms with Crippen molar-refractivity contribution in [3.8, 4) is 22.9 Å². The van der Waals surface area contributed by atoms with Gasteiger partial charge in [0.15, 0.2) is 16.4 Å². The third-order valence-electron chi connectivity index (χ3n) is 4.53. The van der Waals surface area contributed by atoms with Crippen LogP contribution in [0.3, 0.4) is 0 Å². The maximum absolute atomic E-state index is 12.1. The van der Waals surface area contributed by atoms with E-state index in [-0.39, 0.29) is 17.9 Å². The van der Waals surface area contributed by atoms with Gasteiger partial charge in [0.25, 0.3) is 11.8 Å². The van der Waals surface area contributed by atoms with E-state index in [2.05, 4.69) is 16.9 Å². The molecule has 168 valence electrons. The van der Waals surface area contributed by atoms with Crippen LogP contribution in [0.5, 0.6) is 5.75 Å². The summed E-state index contributed by atoms with van der Waals surface area (Å²) in [7, 11) is -3.16. The number of rotatable bonds is 7. The molecular formula is C24H21N3O5S. The Kier molecular flexibility index (Phi) is 7.43. The first kappa shape index (κ1) is 23.5. The third kappa shape index (κ3) is 7.19. The molecule has 0 heterocycles. The lowest BCUT2D eigenvalue weighted by Crippen LogP contribution is -2.43. The van der Waals surface area contributed by atoms with Crippen molar-refractivity contribution in [2.75, 3.05) is 12.9 Å². The van der Waals surface area contributed by atoms with Crippen molar-refractivity contribution >= 4 is 21.7 Å². The van der Waals surface area contributed by atoms with Crippen LogP contribution in [0.25, 0.3) is 11.1 Å². The second-order valence-electron chi connectivity index (χ2n) is 7.27. The van der Waals surface area contributed by atoms with Crippen molar-refractivity contribution in [2.45, 2.75) is 5.75 Å². The van der Waals surface area contributed by atoms with Gasteiger partial charge in [0.2, 0.25) is 0 Å². The zero-order chi connectivity index (χ0) is 23.8. The van der Waals surface area contributed by atoms with E-state index in [4.69, 9.17) is 10.00 Å². The topological polar surface area (TPSA) is 125 Å². The maximum atomic E-state index is 12.1. The number of hydrazine groups is 1. The maximum Gasteiger partial charge on any atom is 0.276 e. The molecule has 9 heteroatoms. The van der Waals surface area contributed by atoms with E-state index >= 15 is 0 Å². The van der Waals surface area contributed by atoms with E-state index in [0.29, 0.717) is 16.9 Å². The Balaban J connectivity index is 1.46. The molecule has 0 unspecified atom stereocenters. The molecule has 0 bridgehead atoms. The van der Waals surface area contributed by atoms with Crippen molar-refractivity contribution in [3.63, 3.8) is 0 Å². The average Bonchev–Trinajstić information content (AvgIpc) is 2.81. The predicted molar refractivity (Wildman–Crippen MR) is 123 cm³/mol. The Morgan fingerprint density at radius 1 is 0.879 bits per heavy atom. The van der Waals surface area contributed by atoms with E-state index in [1.807, 2.05) is 24.3 Å². The predicted octanol–water partition coefficient (Wildman–Crippen LogP) is 2.61. The summed E-state index contributed by atoms with van der Waals surface area (Å²) in [4.78, 5) is 24.1. The second-order valence-corrected chi connectivity index (χ2v) is 9.41. The molecule has 33 heavy (non-hydrogen) atoms. The van der Waals surface area contributed by atoms with Gasteiger partial charge in [-0.05, 0) is 53.1 Å². The summed E-state index contributed by atoms with van der Waals surface area (Å²) in [5.74, 6) is -0.721. The minimum absolute atomic E-state index is 0.114. The van der Waals surface area contributed by atoms with Gasteiger partial charge >= 0.3 is 0 Å². The molecule has 3 aromatic rings. The van der Waals surface area contributed by atoms with Crippen molar-refractivity contribution in [1.29, 1.82) is 5.26 Å². The number of ether oxygens (including phenoxy) is 1. The highest BCUT2D eigenvalue weighted by Gasteiger charge is 2.10. The van der Waals surface area contributed by atoms with Gasteiger partial charge in [-0.25, -0.2) is 8.42 Å². The van der Waals surface area contributed by atoms with Crippen LogP contribution in [0.15, 0.2) is 72.8 Å². The first-order chi connectivity index (χ1) is 15.7. The van der Waals surface area contributed by atoms with Gasteiger partial charge in [-0.15, -0.1) is 0 Å². The second kappa shape index (κ2) is 10.4. The van der Waals surface area contributed by atoms with Gasteiger partial charge in [-0.3, -0.25) is 20.4 Å². The number of carbonyl (C=O) groups excluding carboxylic acids is 2. The largest absolute Gasteiger partial charge is 0.484 e. The number of carbonyl (C=O) groups is 2. The quantitative estimate of drug-likeness (QED) is 0.519. The molecule has 0 fully saturated rings. The molecule has 2 N–H and O–H groups in total. The summed E-state index contributed by atoms with van der Waals surface area (Å²) < 4.78 is 28.1. The highest BCUT2D eigenvalue weighted by atomic mass is 32.2. The molecular weight excluding hydrogens is 442 g/mol. The van der Waals surface area contributed by atoms with E-state index in [0.717, 1.165) is 17.4 Å². The summed E-state index contributed by atoms with van der Waals surface area (Å²) in [6.07, 6.45) is 1.13. The fourth-order valence-corrected chi connectivity index (χ4v) is 3.72. The molecule has 0 aliphatic carbocycles. The summed E-state index contributed by atoms with van der Waals surface area (Å²) in [6, 6.07) is 22.4. The fraction of sp³-hybridized carbons (Fsp3) is 0.125. The molecule has 8 nitrogen and oxygen atoms in total. The van der Waals surface area contributed by atoms with Gasteiger partial charge in [-0.1, -0.05) is 36.4 Å². The lowest BCUT2D eigenvalue weighted by molar-refractivity contribution is -0.123. The van der Waals surface area contributed by atoms with E-state index < -0.39 is 21.7 Å². The molecule has 0 saturated carbocycles. The zero-order valence-electron chi connectivity index (χ0n) is 17.7. The third-order valence-corrected chi connectivity index (χ3v) is 5.39. The smallest absolute Gasteiger partial charge is 0.276 e.